The van der Waals surface area contributed by atoms with E-state index in [2.05, 4.69) is 31.0 Å². The largest absolute Gasteiger partial charge is 0.497 e. The van der Waals surface area contributed by atoms with E-state index in [1.807, 2.05) is 12.1 Å². The Morgan fingerprint density at radius 1 is 1.24 bits per heavy atom. The lowest BCUT2D eigenvalue weighted by molar-refractivity contribution is 0.122. The summed E-state index contributed by atoms with van der Waals surface area (Å²) in [4.78, 5) is 2.48. The van der Waals surface area contributed by atoms with Crippen LogP contribution in [0, 0.1) is 5.92 Å². The van der Waals surface area contributed by atoms with Crippen LogP contribution in [0.15, 0.2) is 24.3 Å². The SMILES string of the molecule is COc1ccc(CC(C)(CN)N(C)CC2CCCC2)cc1. The molecule has 0 aliphatic heterocycles. The minimum atomic E-state index is 0.0250. The summed E-state index contributed by atoms with van der Waals surface area (Å²) >= 11 is 0. The number of rotatable bonds is 7. The van der Waals surface area contributed by atoms with E-state index in [0.717, 1.165) is 18.1 Å². The van der Waals surface area contributed by atoms with Crippen LogP contribution >= 0.6 is 0 Å². The van der Waals surface area contributed by atoms with Gasteiger partial charge in [0.05, 0.1) is 7.11 Å². The van der Waals surface area contributed by atoms with Gasteiger partial charge in [0, 0.05) is 18.6 Å². The summed E-state index contributed by atoms with van der Waals surface area (Å²) < 4.78 is 5.23. The molecule has 0 spiro atoms. The van der Waals surface area contributed by atoms with Gasteiger partial charge in [-0.25, -0.2) is 0 Å². The van der Waals surface area contributed by atoms with Gasteiger partial charge in [0.2, 0.25) is 0 Å². The van der Waals surface area contributed by atoms with Gasteiger partial charge in [-0.05, 0) is 56.8 Å². The third kappa shape index (κ3) is 4.21. The maximum Gasteiger partial charge on any atom is 0.118 e. The van der Waals surface area contributed by atoms with Gasteiger partial charge in [-0.2, -0.15) is 0 Å². The van der Waals surface area contributed by atoms with E-state index in [9.17, 15) is 0 Å². The average molecular weight is 290 g/mol. The Labute approximate surface area is 129 Å². The normalized spacial score (nSPS) is 18.9. The number of ether oxygens (including phenoxy) is 1. The molecule has 1 unspecified atom stereocenters. The fraction of sp³-hybridized carbons (Fsp3) is 0.667. The fourth-order valence-corrected chi connectivity index (χ4v) is 3.35. The molecule has 2 N–H and O–H groups in total. The summed E-state index contributed by atoms with van der Waals surface area (Å²) in [5.41, 5.74) is 7.47. The van der Waals surface area contributed by atoms with E-state index in [1.54, 1.807) is 7.11 Å². The Kier molecular flexibility index (Phi) is 5.65. The molecule has 3 nitrogen and oxygen atoms in total. The molecule has 3 heteroatoms. The molecule has 1 fully saturated rings. The van der Waals surface area contributed by atoms with E-state index in [4.69, 9.17) is 10.5 Å². The van der Waals surface area contributed by atoms with Crippen LogP contribution in [-0.4, -0.2) is 37.7 Å². The topological polar surface area (TPSA) is 38.5 Å². The Morgan fingerprint density at radius 2 is 1.86 bits per heavy atom. The molecule has 118 valence electrons. The number of likely N-dealkylation sites (N-methyl/N-ethyl adjacent to an activating group) is 1. The molecule has 1 saturated carbocycles. The molecule has 0 amide bonds. The van der Waals surface area contributed by atoms with Gasteiger partial charge >= 0.3 is 0 Å². The first-order valence-electron chi connectivity index (χ1n) is 8.11. The number of methoxy groups -OCH3 is 1. The number of nitrogens with two attached hydrogens (primary N) is 1. The molecular formula is C18H30N2O. The summed E-state index contributed by atoms with van der Waals surface area (Å²) in [5, 5.41) is 0. The summed E-state index contributed by atoms with van der Waals surface area (Å²) in [6, 6.07) is 8.36. The molecule has 1 aromatic carbocycles. The van der Waals surface area contributed by atoms with Crippen molar-refractivity contribution in [2.75, 3.05) is 27.2 Å². The Hall–Kier alpha value is -1.06. The highest BCUT2D eigenvalue weighted by atomic mass is 16.5. The van der Waals surface area contributed by atoms with Gasteiger partial charge in [-0.15, -0.1) is 0 Å². The van der Waals surface area contributed by atoms with Crippen LogP contribution in [0.3, 0.4) is 0 Å². The van der Waals surface area contributed by atoms with Gasteiger partial charge < -0.3 is 10.5 Å². The minimum Gasteiger partial charge on any atom is -0.497 e. The van der Waals surface area contributed by atoms with E-state index in [0.29, 0.717) is 6.54 Å². The fourth-order valence-electron chi connectivity index (χ4n) is 3.35. The molecule has 0 saturated heterocycles. The monoisotopic (exact) mass is 290 g/mol. The third-order valence-corrected chi connectivity index (χ3v) is 5.11. The number of hydrogen-bond acceptors (Lipinski definition) is 3. The summed E-state index contributed by atoms with van der Waals surface area (Å²) in [6.07, 6.45) is 6.55. The van der Waals surface area contributed by atoms with Crippen molar-refractivity contribution < 1.29 is 4.74 Å². The van der Waals surface area contributed by atoms with Crippen LogP contribution in [0.4, 0.5) is 0 Å². The van der Waals surface area contributed by atoms with Crippen molar-refractivity contribution in [3.63, 3.8) is 0 Å². The number of benzene rings is 1. The first kappa shape index (κ1) is 16.3. The molecule has 0 aromatic heterocycles. The van der Waals surface area contributed by atoms with Crippen LogP contribution in [-0.2, 0) is 6.42 Å². The Balaban J connectivity index is 2.00. The predicted molar refractivity (Wildman–Crippen MR) is 88.7 cm³/mol. The molecule has 0 bridgehead atoms. The van der Waals surface area contributed by atoms with E-state index < -0.39 is 0 Å². The van der Waals surface area contributed by atoms with Crippen molar-refractivity contribution in [3.05, 3.63) is 29.8 Å². The first-order valence-corrected chi connectivity index (χ1v) is 8.11. The molecule has 1 atom stereocenters. The molecular weight excluding hydrogens is 260 g/mol. The van der Waals surface area contributed by atoms with Gasteiger partial charge in [0.25, 0.3) is 0 Å². The second-order valence-electron chi connectivity index (χ2n) is 6.76. The minimum absolute atomic E-state index is 0.0250. The van der Waals surface area contributed by atoms with Crippen molar-refractivity contribution >= 4 is 0 Å². The third-order valence-electron chi connectivity index (χ3n) is 5.11. The van der Waals surface area contributed by atoms with Gasteiger partial charge in [-0.3, -0.25) is 4.90 Å². The lowest BCUT2D eigenvalue weighted by atomic mass is 9.90. The Morgan fingerprint density at radius 3 is 2.38 bits per heavy atom. The van der Waals surface area contributed by atoms with Crippen LogP contribution in [0.25, 0.3) is 0 Å². The molecule has 0 heterocycles. The molecule has 0 radical (unpaired) electrons. The zero-order chi connectivity index (χ0) is 15.3. The maximum absolute atomic E-state index is 6.12. The van der Waals surface area contributed by atoms with E-state index >= 15 is 0 Å². The van der Waals surface area contributed by atoms with Crippen LogP contribution in [0.5, 0.6) is 5.75 Å². The second kappa shape index (κ2) is 7.28. The van der Waals surface area contributed by atoms with Crippen molar-refractivity contribution in [2.45, 2.75) is 44.6 Å². The zero-order valence-corrected chi connectivity index (χ0v) is 13.8. The van der Waals surface area contributed by atoms with E-state index in [-0.39, 0.29) is 5.54 Å². The molecule has 21 heavy (non-hydrogen) atoms. The molecule has 1 aliphatic rings. The van der Waals surface area contributed by atoms with Crippen LogP contribution in [0.1, 0.15) is 38.2 Å². The number of nitrogens with zero attached hydrogens (tertiary/aromatic N) is 1. The van der Waals surface area contributed by atoms with Crippen LogP contribution in [0.2, 0.25) is 0 Å². The van der Waals surface area contributed by atoms with Gasteiger partial charge in [0.1, 0.15) is 5.75 Å². The smallest absolute Gasteiger partial charge is 0.118 e. The molecule has 2 rings (SSSR count). The first-order chi connectivity index (χ1) is 10.1. The zero-order valence-electron chi connectivity index (χ0n) is 13.8. The molecule has 1 aliphatic carbocycles. The predicted octanol–water partition coefficient (Wildman–Crippen LogP) is 3.08. The highest BCUT2D eigenvalue weighted by Gasteiger charge is 2.30. The summed E-state index contributed by atoms with van der Waals surface area (Å²) in [7, 11) is 3.93. The second-order valence-corrected chi connectivity index (χ2v) is 6.76. The maximum atomic E-state index is 6.12. The van der Waals surface area contributed by atoms with E-state index in [1.165, 1.54) is 37.8 Å². The van der Waals surface area contributed by atoms with Crippen LogP contribution < -0.4 is 10.5 Å². The lowest BCUT2D eigenvalue weighted by Crippen LogP contribution is -2.52. The standard InChI is InChI=1S/C18H30N2O/c1-18(14-19,20(2)13-16-6-4-5-7-16)12-15-8-10-17(21-3)11-9-15/h8-11,16H,4-7,12-14,19H2,1-3H3. The summed E-state index contributed by atoms with van der Waals surface area (Å²) in [5.74, 6) is 1.77. The van der Waals surface area contributed by atoms with Crippen molar-refractivity contribution in [3.8, 4) is 5.75 Å². The molecule has 1 aromatic rings. The van der Waals surface area contributed by atoms with Gasteiger partial charge in [-0.1, -0.05) is 25.0 Å². The lowest BCUT2D eigenvalue weighted by Gasteiger charge is -2.39. The number of hydrogen-bond donors (Lipinski definition) is 1. The van der Waals surface area contributed by atoms with Crippen molar-refractivity contribution in [1.82, 2.24) is 4.90 Å². The van der Waals surface area contributed by atoms with Crippen molar-refractivity contribution in [2.24, 2.45) is 11.7 Å². The van der Waals surface area contributed by atoms with Crippen molar-refractivity contribution in [1.29, 1.82) is 0 Å². The average Bonchev–Trinajstić information content (AvgIpc) is 3.00. The highest BCUT2D eigenvalue weighted by Crippen LogP contribution is 2.28. The quantitative estimate of drug-likeness (QED) is 0.838. The summed E-state index contributed by atoms with van der Waals surface area (Å²) in [6.45, 7) is 4.14. The van der Waals surface area contributed by atoms with Gasteiger partial charge in [0.15, 0.2) is 0 Å². The Bertz CT molecular complexity index is 425. The highest BCUT2D eigenvalue weighted by molar-refractivity contribution is 5.28.